The number of aliphatic hydroxyl groups excluding tert-OH is 1. The topological polar surface area (TPSA) is 33.1 Å². The molecule has 0 saturated carbocycles. The number of nitrogens with zero attached hydrogens (tertiary/aromatic N) is 1. The van der Waals surface area contributed by atoms with Gasteiger partial charge in [-0.1, -0.05) is 36.4 Å². The summed E-state index contributed by atoms with van der Waals surface area (Å²) in [7, 11) is 0. The highest BCUT2D eigenvalue weighted by Gasteiger charge is 2.04. The first-order valence-corrected chi connectivity index (χ1v) is 6.41. The van der Waals surface area contributed by atoms with Crippen LogP contribution in [0, 0.1) is 6.92 Å². The van der Waals surface area contributed by atoms with Crippen molar-refractivity contribution in [2.45, 2.75) is 13.3 Å². The number of hydrogen-bond acceptors (Lipinski definition) is 3. The third-order valence-corrected chi connectivity index (χ3v) is 3.45. The second kappa shape index (κ2) is 5.75. The maximum atomic E-state index is 8.91. The van der Waals surface area contributed by atoms with Crippen LogP contribution in [0.1, 0.15) is 21.1 Å². The van der Waals surface area contributed by atoms with Crippen molar-refractivity contribution in [2.24, 2.45) is 0 Å². The summed E-state index contributed by atoms with van der Waals surface area (Å²) in [6, 6.07) is 10.2. The van der Waals surface area contributed by atoms with Crippen LogP contribution >= 0.6 is 11.3 Å². The Morgan fingerprint density at radius 2 is 2.00 bits per heavy atom. The lowest BCUT2D eigenvalue weighted by molar-refractivity contribution is 0.298. The van der Waals surface area contributed by atoms with Gasteiger partial charge in [0.1, 0.15) is 5.01 Å². The highest BCUT2D eigenvalue weighted by atomic mass is 32.1. The molecule has 0 aliphatic carbocycles. The van der Waals surface area contributed by atoms with Crippen molar-refractivity contribution in [3.8, 4) is 0 Å². The smallest absolute Gasteiger partial charge is 0.116 e. The Balaban J connectivity index is 2.14. The Kier molecular flexibility index (Phi) is 4.07. The number of aryl methyl sites for hydroxylation is 1. The maximum absolute atomic E-state index is 8.91. The Morgan fingerprint density at radius 3 is 2.71 bits per heavy atom. The molecule has 17 heavy (non-hydrogen) atoms. The average Bonchev–Trinajstić information content (AvgIpc) is 2.70. The second-order valence-corrected chi connectivity index (χ2v) is 5.01. The van der Waals surface area contributed by atoms with E-state index in [1.165, 1.54) is 10.4 Å². The van der Waals surface area contributed by atoms with E-state index in [-0.39, 0.29) is 6.61 Å². The SMILES string of the molecule is Cc1sc(C=Cc2ccccc2)nc1CCO. The number of benzene rings is 1. The molecular formula is C14H15NOS. The van der Waals surface area contributed by atoms with Crippen LogP contribution < -0.4 is 0 Å². The molecule has 0 fully saturated rings. The lowest BCUT2D eigenvalue weighted by Gasteiger charge is -1.91. The minimum atomic E-state index is 0.159. The van der Waals surface area contributed by atoms with Crippen molar-refractivity contribution < 1.29 is 5.11 Å². The Morgan fingerprint density at radius 1 is 1.24 bits per heavy atom. The molecule has 0 spiro atoms. The highest BCUT2D eigenvalue weighted by Crippen LogP contribution is 2.20. The van der Waals surface area contributed by atoms with Gasteiger partial charge in [-0.25, -0.2) is 4.98 Å². The van der Waals surface area contributed by atoms with Crippen molar-refractivity contribution in [1.29, 1.82) is 0 Å². The van der Waals surface area contributed by atoms with Crippen LogP contribution in [-0.4, -0.2) is 16.7 Å². The van der Waals surface area contributed by atoms with Gasteiger partial charge in [-0.05, 0) is 18.6 Å². The molecule has 0 aliphatic rings. The summed E-state index contributed by atoms with van der Waals surface area (Å²) in [5.41, 5.74) is 2.18. The predicted molar refractivity (Wildman–Crippen MR) is 73.0 cm³/mol. The van der Waals surface area contributed by atoms with Gasteiger partial charge in [-0.3, -0.25) is 0 Å². The predicted octanol–water partition coefficient (Wildman–Crippen LogP) is 3.16. The van der Waals surface area contributed by atoms with Crippen molar-refractivity contribution in [1.82, 2.24) is 4.98 Å². The summed E-state index contributed by atoms with van der Waals surface area (Å²) in [6.07, 6.45) is 4.72. The van der Waals surface area contributed by atoms with Gasteiger partial charge >= 0.3 is 0 Å². The van der Waals surface area contributed by atoms with Crippen molar-refractivity contribution >= 4 is 23.5 Å². The molecule has 0 saturated heterocycles. The Labute approximate surface area is 105 Å². The number of thiazole rings is 1. The first-order chi connectivity index (χ1) is 8.29. The maximum Gasteiger partial charge on any atom is 0.116 e. The zero-order valence-corrected chi connectivity index (χ0v) is 10.6. The van der Waals surface area contributed by atoms with Gasteiger partial charge in [0.15, 0.2) is 0 Å². The summed E-state index contributed by atoms with van der Waals surface area (Å²) >= 11 is 1.66. The summed E-state index contributed by atoms with van der Waals surface area (Å²) in [5.74, 6) is 0. The van der Waals surface area contributed by atoms with Crippen LogP contribution in [0.25, 0.3) is 12.2 Å². The van der Waals surface area contributed by atoms with E-state index < -0.39 is 0 Å². The minimum Gasteiger partial charge on any atom is -0.396 e. The van der Waals surface area contributed by atoms with Crippen LogP contribution in [0.15, 0.2) is 30.3 Å². The first kappa shape index (κ1) is 12.0. The molecule has 0 amide bonds. The molecule has 88 valence electrons. The van der Waals surface area contributed by atoms with E-state index in [2.05, 4.69) is 23.2 Å². The van der Waals surface area contributed by atoms with Crippen LogP contribution in [-0.2, 0) is 6.42 Å². The largest absolute Gasteiger partial charge is 0.396 e. The van der Waals surface area contributed by atoms with E-state index >= 15 is 0 Å². The fourth-order valence-corrected chi connectivity index (χ4v) is 2.46. The van der Waals surface area contributed by atoms with Gasteiger partial charge in [0, 0.05) is 17.9 Å². The number of aromatic nitrogens is 1. The van der Waals surface area contributed by atoms with Gasteiger partial charge in [0.05, 0.1) is 5.69 Å². The minimum absolute atomic E-state index is 0.159. The number of aliphatic hydroxyl groups is 1. The van der Waals surface area contributed by atoms with Crippen LogP contribution in [0.3, 0.4) is 0 Å². The van der Waals surface area contributed by atoms with Crippen molar-refractivity contribution in [3.05, 3.63) is 51.5 Å². The average molecular weight is 245 g/mol. The molecule has 1 N–H and O–H groups in total. The van der Waals surface area contributed by atoms with Crippen molar-refractivity contribution in [2.75, 3.05) is 6.61 Å². The molecule has 3 heteroatoms. The zero-order valence-electron chi connectivity index (χ0n) is 9.76. The molecule has 0 radical (unpaired) electrons. The van der Waals surface area contributed by atoms with Crippen molar-refractivity contribution in [3.63, 3.8) is 0 Å². The fraction of sp³-hybridized carbons (Fsp3) is 0.214. The van der Waals surface area contributed by atoms with E-state index in [0.29, 0.717) is 6.42 Å². The first-order valence-electron chi connectivity index (χ1n) is 5.60. The lowest BCUT2D eigenvalue weighted by Crippen LogP contribution is -1.92. The number of hydrogen-bond donors (Lipinski definition) is 1. The van der Waals surface area contributed by atoms with Gasteiger partial charge in [0.2, 0.25) is 0 Å². The van der Waals surface area contributed by atoms with E-state index in [9.17, 15) is 0 Å². The van der Waals surface area contributed by atoms with Crippen LogP contribution in [0.5, 0.6) is 0 Å². The van der Waals surface area contributed by atoms with Gasteiger partial charge in [-0.2, -0.15) is 0 Å². The van der Waals surface area contributed by atoms with Gasteiger partial charge in [-0.15, -0.1) is 11.3 Å². The Bertz CT molecular complexity index is 502. The van der Waals surface area contributed by atoms with Gasteiger partial charge < -0.3 is 5.11 Å². The summed E-state index contributed by atoms with van der Waals surface area (Å²) in [6.45, 7) is 2.20. The summed E-state index contributed by atoms with van der Waals surface area (Å²) < 4.78 is 0. The summed E-state index contributed by atoms with van der Waals surface area (Å²) in [5, 5.41) is 9.90. The molecule has 1 aromatic heterocycles. The van der Waals surface area contributed by atoms with E-state index in [1.807, 2.05) is 31.2 Å². The van der Waals surface area contributed by atoms with Crippen LogP contribution in [0.4, 0.5) is 0 Å². The van der Waals surface area contributed by atoms with Gasteiger partial charge in [0.25, 0.3) is 0 Å². The molecule has 2 rings (SSSR count). The number of rotatable bonds is 4. The molecule has 2 aromatic rings. The Hall–Kier alpha value is -1.45. The zero-order chi connectivity index (χ0) is 12.1. The molecule has 0 aliphatic heterocycles. The quantitative estimate of drug-likeness (QED) is 0.897. The molecule has 0 atom stereocenters. The van der Waals surface area contributed by atoms with E-state index in [4.69, 9.17) is 5.11 Å². The second-order valence-electron chi connectivity index (χ2n) is 3.77. The summed E-state index contributed by atoms with van der Waals surface area (Å²) in [4.78, 5) is 5.67. The van der Waals surface area contributed by atoms with Crippen LogP contribution in [0.2, 0.25) is 0 Å². The van der Waals surface area contributed by atoms with E-state index in [1.54, 1.807) is 11.3 Å². The molecule has 1 heterocycles. The molecule has 0 unspecified atom stereocenters. The standard InChI is InChI=1S/C14H15NOS/c1-11-13(9-10-16)15-14(17-11)8-7-12-5-3-2-4-6-12/h2-8,16H,9-10H2,1H3. The molecule has 1 aromatic carbocycles. The fourth-order valence-electron chi connectivity index (χ4n) is 1.59. The third-order valence-electron chi connectivity index (χ3n) is 2.48. The highest BCUT2D eigenvalue weighted by molar-refractivity contribution is 7.12. The molecule has 2 nitrogen and oxygen atoms in total. The molecular weight excluding hydrogens is 230 g/mol. The normalized spacial score (nSPS) is 11.2. The van der Waals surface area contributed by atoms with E-state index in [0.717, 1.165) is 10.7 Å². The third kappa shape index (κ3) is 3.25. The molecule has 0 bridgehead atoms. The lowest BCUT2D eigenvalue weighted by atomic mass is 10.2. The monoisotopic (exact) mass is 245 g/mol.